The van der Waals surface area contributed by atoms with Gasteiger partial charge >= 0.3 is 0 Å². The summed E-state index contributed by atoms with van der Waals surface area (Å²) in [4.78, 5) is 16.6. The number of amides is 1. The largest absolute Gasteiger partial charge is 0.497 e. The molecular weight excluding hydrogens is 380 g/mol. The number of hydroxylamine groups is 1. The lowest BCUT2D eigenvalue weighted by Crippen LogP contribution is -2.19. The molecule has 0 saturated heterocycles. The summed E-state index contributed by atoms with van der Waals surface area (Å²) in [6.45, 7) is 0. The van der Waals surface area contributed by atoms with Gasteiger partial charge in [-0.05, 0) is 48.5 Å². The molecule has 0 unspecified atom stereocenters. The summed E-state index contributed by atoms with van der Waals surface area (Å²) in [5, 5.41) is 14.9. The fourth-order valence-corrected chi connectivity index (χ4v) is 3.24. The zero-order chi connectivity index (χ0) is 19.7. The third kappa shape index (κ3) is 3.06. The maximum atomic E-state index is 12.2. The van der Waals surface area contributed by atoms with Gasteiger partial charge in [-0.1, -0.05) is 11.6 Å². The Bertz CT molecular complexity index is 1170. The predicted octanol–water partition coefficient (Wildman–Crippen LogP) is 3.87. The van der Waals surface area contributed by atoms with E-state index in [2.05, 4.69) is 10.1 Å². The summed E-state index contributed by atoms with van der Waals surface area (Å²) >= 11 is 6.08. The summed E-state index contributed by atoms with van der Waals surface area (Å²) in [7, 11) is 1.58. The van der Waals surface area contributed by atoms with E-state index < -0.39 is 5.91 Å². The third-order valence-electron chi connectivity index (χ3n) is 4.39. The molecule has 0 saturated carbocycles. The predicted molar refractivity (Wildman–Crippen MR) is 105 cm³/mol. The van der Waals surface area contributed by atoms with Gasteiger partial charge in [0.05, 0.1) is 35.8 Å². The molecule has 2 aromatic heterocycles. The number of nitrogens with zero attached hydrogens (tertiary/aromatic N) is 3. The second-order valence-electron chi connectivity index (χ2n) is 5.98. The second kappa shape index (κ2) is 7.30. The topological polar surface area (TPSA) is 89.3 Å². The molecule has 0 atom stereocenters. The number of rotatable bonds is 4. The summed E-state index contributed by atoms with van der Waals surface area (Å²) in [5.41, 5.74) is 4.59. The molecule has 28 heavy (non-hydrogen) atoms. The van der Waals surface area contributed by atoms with Crippen molar-refractivity contribution in [3.8, 4) is 22.7 Å². The van der Waals surface area contributed by atoms with E-state index in [4.69, 9.17) is 21.5 Å². The van der Waals surface area contributed by atoms with Crippen molar-refractivity contribution >= 4 is 28.4 Å². The molecule has 0 aliphatic rings. The molecule has 0 bridgehead atoms. The number of halogens is 1. The van der Waals surface area contributed by atoms with Crippen LogP contribution in [-0.2, 0) is 0 Å². The standard InChI is InChI=1S/C20H15ClN4O3/c1-28-14-5-2-12(3-6-14)19-16(20(26)24-27)11-23-25(19)18-8-9-22-17-10-13(21)4-7-15(17)18/h2-11,27H,1H3,(H,24,26). The molecule has 2 heterocycles. The Hall–Kier alpha value is -3.42. The summed E-state index contributed by atoms with van der Waals surface area (Å²) < 4.78 is 6.85. The normalized spacial score (nSPS) is 10.8. The van der Waals surface area contributed by atoms with E-state index in [1.54, 1.807) is 53.8 Å². The molecule has 0 aliphatic heterocycles. The molecule has 0 aliphatic carbocycles. The van der Waals surface area contributed by atoms with Gasteiger partial charge in [0.2, 0.25) is 0 Å². The number of carbonyl (C=O) groups excluding carboxylic acids is 1. The first kappa shape index (κ1) is 18.0. The van der Waals surface area contributed by atoms with Crippen LogP contribution in [0.5, 0.6) is 5.75 Å². The zero-order valence-electron chi connectivity index (χ0n) is 14.8. The number of ether oxygens (including phenoxy) is 1. The highest BCUT2D eigenvalue weighted by Gasteiger charge is 2.21. The highest BCUT2D eigenvalue weighted by molar-refractivity contribution is 6.31. The van der Waals surface area contributed by atoms with Crippen molar-refractivity contribution in [3.05, 3.63) is 71.5 Å². The van der Waals surface area contributed by atoms with Crippen LogP contribution >= 0.6 is 11.6 Å². The first-order chi connectivity index (χ1) is 13.6. The fourth-order valence-electron chi connectivity index (χ4n) is 3.08. The van der Waals surface area contributed by atoms with E-state index in [-0.39, 0.29) is 5.56 Å². The van der Waals surface area contributed by atoms with Crippen molar-refractivity contribution in [3.63, 3.8) is 0 Å². The van der Waals surface area contributed by atoms with Gasteiger partial charge in [0.1, 0.15) is 5.75 Å². The minimum absolute atomic E-state index is 0.228. The Morgan fingerprint density at radius 2 is 1.96 bits per heavy atom. The molecule has 0 radical (unpaired) electrons. The number of fused-ring (bicyclic) bond motifs is 1. The molecule has 2 N–H and O–H groups in total. The van der Waals surface area contributed by atoms with Gasteiger partial charge in [-0.25, -0.2) is 10.2 Å². The van der Waals surface area contributed by atoms with Crippen molar-refractivity contribution in [2.75, 3.05) is 7.11 Å². The van der Waals surface area contributed by atoms with Crippen LogP contribution in [0.2, 0.25) is 5.02 Å². The minimum atomic E-state index is -0.654. The molecule has 4 aromatic rings. The Labute approximate surface area is 165 Å². The van der Waals surface area contributed by atoms with E-state index in [0.29, 0.717) is 22.0 Å². The average Bonchev–Trinajstić information content (AvgIpc) is 3.17. The van der Waals surface area contributed by atoms with Gasteiger partial charge in [0.15, 0.2) is 0 Å². The third-order valence-corrected chi connectivity index (χ3v) is 4.62. The molecule has 2 aromatic carbocycles. The SMILES string of the molecule is COc1ccc(-c2c(C(=O)NO)cnn2-c2ccnc3cc(Cl)ccc23)cc1. The smallest absolute Gasteiger partial charge is 0.278 e. The van der Waals surface area contributed by atoms with E-state index in [1.807, 2.05) is 18.2 Å². The highest BCUT2D eigenvalue weighted by Crippen LogP contribution is 2.31. The van der Waals surface area contributed by atoms with Crippen LogP contribution in [0.4, 0.5) is 0 Å². The summed E-state index contributed by atoms with van der Waals surface area (Å²) in [5.74, 6) is 0.0328. The lowest BCUT2D eigenvalue weighted by Gasteiger charge is -2.12. The lowest BCUT2D eigenvalue weighted by molar-refractivity contribution is 0.0707. The number of hydrogen-bond acceptors (Lipinski definition) is 5. The Kier molecular flexibility index (Phi) is 4.68. The first-order valence-corrected chi connectivity index (χ1v) is 8.71. The van der Waals surface area contributed by atoms with Crippen molar-refractivity contribution in [1.29, 1.82) is 0 Å². The molecule has 7 nitrogen and oxygen atoms in total. The number of aromatic nitrogens is 3. The van der Waals surface area contributed by atoms with E-state index in [9.17, 15) is 4.79 Å². The van der Waals surface area contributed by atoms with E-state index in [1.165, 1.54) is 6.20 Å². The number of methoxy groups -OCH3 is 1. The van der Waals surface area contributed by atoms with Crippen LogP contribution in [0.3, 0.4) is 0 Å². The van der Waals surface area contributed by atoms with Gasteiger partial charge in [-0.2, -0.15) is 5.10 Å². The van der Waals surface area contributed by atoms with Crippen molar-refractivity contribution in [2.45, 2.75) is 0 Å². The molecule has 0 spiro atoms. The summed E-state index contributed by atoms with van der Waals surface area (Å²) in [6.07, 6.45) is 3.06. The molecular formula is C20H15ClN4O3. The number of hydrogen-bond donors (Lipinski definition) is 2. The number of carbonyl (C=O) groups is 1. The van der Waals surface area contributed by atoms with Crippen molar-refractivity contribution in [1.82, 2.24) is 20.2 Å². The van der Waals surface area contributed by atoms with Gasteiger partial charge in [0.25, 0.3) is 5.91 Å². The van der Waals surface area contributed by atoms with Gasteiger partial charge in [-0.15, -0.1) is 0 Å². The Morgan fingerprint density at radius 3 is 2.68 bits per heavy atom. The van der Waals surface area contributed by atoms with Gasteiger partial charge in [-0.3, -0.25) is 15.0 Å². The van der Waals surface area contributed by atoms with Crippen LogP contribution < -0.4 is 10.2 Å². The average molecular weight is 395 g/mol. The fraction of sp³-hybridized carbons (Fsp3) is 0.0500. The van der Waals surface area contributed by atoms with Gasteiger partial charge < -0.3 is 4.74 Å². The first-order valence-electron chi connectivity index (χ1n) is 8.34. The second-order valence-corrected chi connectivity index (χ2v) is 6.42. The number of benzene rings is 2. The highest BCUT2D eigenvalue weighted by atomic mass is 35.5. The quantitative estimate of drug-likeness (QED) is 0.405. The van der Waals surface area contributed by atoms with E-state index >= 15 is 0 Å². The van der Waals surface area contributed by atoms with Crippen molar-refractivity contribution in [2.24, 2.45) is 0 Å². The zero-order valence-corrected chi connectivity index (χ0v) is 15.5. The van der Waals surface area contributed by atoms with Crippen LogP contribution in [0, 0.1) is 0 Å². The van der Waals surface area contributed by atoms with E-state index in [0.717, 1.165) is 16.6 Å². The van der Waals surface area contributed by atoms with Crippen LogP contribution in [-0.4, -0.2) is 33.0 Å². The monoisotopic (exact) mass is 394 g/mol. The number of pyridine rings is 1. The Morgan fingerprint density at radius 1 is 1.18 bits per heavy atom. The van der Waals surface area contributed by atoms with Gasteiger partial charge in [0, 0.05) is 22.2 Å². The molecule has 1 amide bonds. The maximum Gasteiger partial charge on any atom is 0.278 e. The number of nitrogens with one attached hydrogen (secondary N) is 1. The minimum Gasteiger partial charge on any atom is -0.497 e. The molecule has 0 fully saturated rings. The maximum absolute atomic E-state index is 12.2. The van der Waals surface area contributed by atoms with Crippen LogP contribution in [0.15, 0.2) is 60.9 Å². The lowest BCUT2D eigenvalue weighted by atomic mass is 10.1. The molecule has 4 rings (SSSR count). The molecule has 140 valence electrons. The van der Waals surface area contributed by atoms with Crippen molar-refractivity contribution < 1.29 is 14.7 Å². The van der Waals surface area contributed by atoms with Crippen LogP contribution in [0.1, 0.15) is 10.4 Å². The summed E-state index contributed by atoms with van der Waals surface area (Å²) in [6, 6.07) is 14.4. The Balaban J connectivity index is 1.98. The molecule has 8 heteroatoms. The van der Waals surface area contributed by atoms with Crippen LogP contribution in [0.25, 0.3) is 27.8 Å².